The number of hydrazone groups is 1. The van der Waals surface area contributed by atoms with Crippen LogP contribution in [0.25, 0.3) is 11.2 Å². The molecular formula is C13H9N7. The molecule has 0 radical (unpaired) electrons. The summed E-state index contributed by atoms with van der Waals surface area (Å²) in [5, 5.41) is 12.9. The zero-order chi connectivity index (χ0) is 13.8. The maximum atomic E-state index is 8.82. The number of anilines is 1. The second kappa shape index (κ2) is 5.16. The van der Waals surface area contributed by atoms with E-state index in [-0.39, 0.29) is 0 Å². The number of rotatable bonds is 3. The number of nitrogens with one attached hydrogen (secondary N) is 2. The summed E-state index contributed by atoms with van der Waals surface area (Å²) < 4.78 is 0. The smallest absolute Gasteiger partial charge is 0.182 e. The van der Waals surface area contributed by atoms with Gasteiger partial charge in [0.25, 0.3) is 0 Å². The minimum Gasteiger partial charge on any atom is -0.340 e. The summed E-state index contributed by atoms with van der Waals surface area (Å²) in [5.41, 5.74) is 5.50. The van der Waals surface area contributed by atoms with Gasteiger partial charge in [-0.25, -0.2) is 15.0 Å². The number of hydrogen-bond acceptors (Lipinski definition) is 6. The molecule has 3 aromatic rings. The minimum absolute atomic E-state index is 0.542. The standard InChI is InChI=1S/C13H9N7/c14-5-9-2-1-3-10(4-9)6-19-20-13-11-12(16-7-15-11)17-8-18-13/h1-4,6-8H,(H2,15,16,17,18,20). The van der Waals surface area contributed by atoms with Gasteiger partial charge in [-0.3, -0.25) is 5.43 Å². The van der Waals surface area contributed by atoms with E-state index in [1.807, 2.05) is 6.07 Å². The van der Waals surface area contributed by atoms with Crippen LogP contribution in [-0.4, -0.2) is 26.2 Å². The molecule has 0 aliphatic carbocycles. The summed E-state index contributed by atoms with van der Waals surface area (Å²) in [7, 11) is 0. The second-order valence-corrected chi connectivity index (χ2v) is 3.93. The van der Waals surface area contributed by atoms with Crippen molar-refractivity contribution >= 4 is 23.2 Å². The van der Waals surface area contributed by atoms with E-state index in [1.165, 1.54) is 6.33 Å². The van der Waals surface area contributed by atoms with E-state index >= 15 is 0 Å². The van der Waals surface area contributed by atoms with Gasteiger partial charge in [-0.15, -0.1) is 0 Å². The molecule has 0 aliphatic rings. The van der Waals surface area contributed by atoms with E-state index < -0.39 is 0 Å². The first-order valence-corrected chi connectivity index (χ1v) is 5.80. The Morgan fingerprint density at radius 3 is 3.15 bits per heavy atom. The highest BCUT2D eigenvalue weighted by Gasteiger charge is 2.03. The molecule has 0 aliphatic heterocycles. The van der Waals surface area contributed by atoms with Gasteiger partial charge in [-0.1, -0.05) is 12.1 Å². The highest BCUT2D eigenvalue weighted by atomic mass is 15.3. The van der Waals surface area contributed by atoms with Gasteiger partial charge >= 0.3 is 0 Å². The van der Waals surface area contributed by atoms with Crippen molar-refractivity contribution in [1.29, 1.82) is 5.26 Å². The predicted octanol–water partition coefficient (Wildman–Crippen LogP) is 1.67. The van der Waals surface area contributed by atoms with Crippen LogP contribution in [0.3, 0.4) is 0 Å². The molecule has 96 valence electrons. The molecule has 0 amide bonds. The minimum atomic E-state index is 0.542. The number of nitriles is 1. The lowest BCUT2D eigenvalue weighted by Gasteiger charge is -1.99. The fourth-order valence-electron chi connectivity index (χ4n) is 1.71. The summed E-state index contributed by atoms with van der Waals surface area (Å²) >= 11 is 0. The third-order valence-corrected chi connectivity index (χ3v) is 2.62. The molecule has 7 nitrogen and oxygen atoms in total. The molecule has 2 heterocycles. The highest BCUT2D eigenvalue weighted by Crippen LogP contribution is 2.13. The Balaban J connectivity index is 1.80. The van der Waals surface area contributed by atoms with Crippen molar-refractivity contribution in [3.8, 4) is 6.07 Å². The van der Waals surface area contributed by atoms with Crippen LogP contribution in [0.4, 0.5) is 5.82 Å². The topological polar surface area (TPSA) is 103 Å². The third kappa shape index (κ3) is 2.30. The lowest BCUT2D eigenvalue weighted by atomic mass is 10.1. The van der Waals surface area contributed by atoms with Gasteiger partial charge in [-0.05, 0) is 17.7 Å². The Hall–Kier alpha value is -3.27. The summed E-state index contributed by atoms with van der Waals surface area (Å²) in [6.45, 7) is 0. The summed E-state index contributed by atoms with van der Waals surface area (Å²) in [4.78, 5) is 15.1. The van der Waals surface area contributed by atoms with Crippen molar-refractivity contribution < 1.29 is 0 Å². The number of imidazole rings is 1. The molecule has 3 rings (SSSR count). The fourth-order valence-corrected chi connectivity index (χ4v) is 1.71. The monoisotopic (exact) mass is 263 g/mol. The van der Waals surface area contributed by atoms with E-state index in [0.717, 1.165) is 5.56 Å². The molecule has 7 heteroatoms. The van der Waals surface area contributed by atoms with Crippen LogP contribution >= 0.6 is 0 Å². The van der Waals surface area contributed by atoms with Crippen LogP contribution in [0.2, 0.25) is 0 Å². The number of benzene rings is 1. The Bertz CT molecular complexity index is 813. The van der Waals surface area contributed by atoms with Crippen molar-refractivity contribution in [3.05, 3.63) is 48.0 Å². The zero-order valence-electron chi connectivity index (χ0n) is 10.3. The Labute approximate surface area is 114 Å². The van der Waals surface area contributed by atoms with Crippen molar-refractivity contribution in [2.45, 2.75) is 0 Å². The third-order valence-electron chi connectivity index (χ3n) is 2.62. The van der Waals surface area contributed by atoms with Gasteiger partial charge in [0, 0.05) is 0 Å². The predicted molar refractivity (Wildman–Crippen MR) is 74.1 cm³/mol. The molecule has 0 saturated carbocycles. The van der Waals surface area contributed by atoms with Gasteiger partial charge in [0.05, 0.1) is 24.2 Å². The Morgan fingerprint density at radius 1 is 1.30 bits per heavy atom. The van der Waals surface area contributed by atoms with E-state index in [9.17, 15) is 0 Å². The number of nitrogens with zero attached hydrogens (tertiary/aromatic N) is 5. The molecule has 0 bridgehead atoms. The van der Waals surface area contributed by atoms with Crippen LogP contribution in [0.1, 0.15) is 11.1 Å². The second-order valence-electron chi connectivity index (χ2n) is 3.93. The first kappa shape index (κ1) is 11.8. The Kier molecular flexibility index (Phi) is 3.04. The Morgan fingerprint density at radius 2 is 2.25 bits per heavy atom. The molecule has 0 saturated heterocycles. The average Bonchev–Trinajstić information content (AvgIpc) is 2.97. The van der Waals surface area contributed by atoms with E-state index in [0.29, 0.717) is 22.5 Å². The summed E-state index contributed by atoms with van der Waals surface area (Å²) in [6.07, 6.45) is 4.58. The van der Waals surface area contributed by atoms with Crippen LogP contribution in [0.15, 0.2) is 42.0 Å². The van der Waals surface area contributed by atoms with E-state index in [4.69, 9.17) is 5.26 Å². The zero-order valence-corrected chi connectivity index (χ0v) is 10.3. The van der Waals surface area contributed by atoms with Crippen LogP contribution in [0.5, 0.6) is 0 Å². The number of aromatic nitrogens is 4. The fraction of sp³-hybridized carbons (Fsp3) is 0. The molecule has 2 aromatic heterocycles. The molecule has 0 unspecified atom stereocenters. The van der Waals surface area contributed by atoms with Crippen LogP contribution in [0, 0.1) is 11.3 Å². The van der Waals surface area contributed by atoms with Crippen molar-refractivity contribution in [2.75, 3.05) is 5.43 Å². The van der Waals surface area contributed by atoms with Gasteiger partial charge < -0.3 is 4.98 Å². The van der Waals surface area contributed by atoms with Crippen LogP contribution < -0.4 is 5.43 Å². The normalized spacial score (nSPS) is 10.8. The number of H-pyrrole nitrogens is 1. The maximum Gasteiger partial charge on any atom is 0.182 e. The van der Waals surface area contributed by atoms with E-state index in [2.05, 4.69) is 36.5 Å². The van der Waals surface area contributed by atoms with Gasteiger partial charge in [0.1, 0.15) is 11.8 Å². The number of aromatic amines is 1. The largest absolute Gasteiger partial charge is 0.340 e. The van der Waals surface area contributed by atoms with Gasteiger partial charge in [0.15, 0.2) is 11.5 Å². The highest BCUT2D eigenvalue weighted by molar-refractivity contribution is 5.84. The van der Waals surface area contributed by atoms with Crippen molar-refractivity contribution in [1.82, 2.24) is 19.9 Å². The lowest BCUT2D eigenvalue weighted by molar-refractivity contribution is 1.17. The molecule has 0 spiro atoms. The molecule has 0 atom stereocenters. The van der Waals surface area contributed by atoms with Crippen molar-refractivity contribution in [3.63, 3.8) is 0 Å². The maximum absolute atomic E-state index is 8.82. The van der Waals surface area contributed by atoms with Gasteiger partial charge in [0.2, 0.25) is 0 Å². The summed E-state index contributed by atoms with van der Waals surface area (Å²) in [6, 6.07) is 9.23. The van der Waals surface area contributed by atoms with Crippen molar-refractivity contribution in [2.24, 2.45) is 5.10 Å². The first-order chi connectivity index (χ1) is 9.86. The molecule has 0 fully saturated rings. The van der Waals surface area contributed by atoms with Crippen LogP contribution in [-0.2, 0) is 0 Å². The molecule has 2 N–H and O–H groups in total. The SMILES string of the molecule is N#Cc1cccc(C=NNc2ncnc3nc[nH]c23)c1. The first-order valence-electron chi connectivity index (χ1n) is 5.80. The average molecular weight is 263 g/mol. The molecule has 1 aromatic carbocycles. The molecular weight excluding hydrogens is 254 g/mol. The summed E-state index contributed by atoms with van der Waals surface area (Å²) in [5.74, 6) is 0.542. The molecule has 20 heavy (non-hydrogen) atoms. The van der Waals surface area contributed by atoms with Gasteiger partial charge in [-0.2, -0.15) is 10.4 Å². The quantitative estimate of drug-likeness (QED) is 0.552. The number of fused-ring (bicyclic) bond motifs is 1. The number of hydrogen-bond donors (Lipinski definition) is 2. The van der Waals surface area contributed by atoms with E-state index in [1.54, 1.807) is 30.7 Å². The lowest BCUT2D eigenvalue weighted by Crippen LogP contribution is -1.95.